The van der Waals surface area contributed by atoms with Gasteiger partial charge < -0.3 is 9.57 Å². The van der Waals surface area contributed by atoms with Crippen LogP contribution in [0.3, 0.4) is 0 Å². The summed E-state index contributed by atoms with van der Waals surface area (Å²) in [5.74, 6) is 0.843. The second-order valence-electron chi connectivity index (χ2n) is 6.04. The van der Waals surface area contributed by atoms with Crippen molar-refractivity contribution in [2.24, 2.45) is 5.16 Å². The van der Waals surface area contributed by atoms with Crippen molar-refractivity contribution in [2.45, 2.75) is 20.0 Å². The molecule has 0 amide bonds. The van der Waals surface area contributed by atoms with Crippen LogP contribution in [-0.2, 0) is 17.9 Å². The van der Waals surface area contributed by atoms with Crippen LogP contribution in [0.5, 0.6) is 5.75 Å². The third-order valence-corrected chi connectivity index (χ3v) is 4.05. The van der Waals surface area contributed by atoms with Gasteiger partial charge in [-0.1, -0.05) is 65.8 Å². The number of hydrogen-bond acceptors (Lipinski definition) is 3. The lowest BCUT2D eigenvalue weighted by molar-refractivity contribution is 0.147. The molecule has 3 aromatic rings. The largest absolute Gasteiger partial charge is 0.489 e. The minimum Gasteiger partial charge on any atom is -0.489 e. The number of oxime groups is 1. The Kier molecular flexibility index (Phi) is 6.43. The van der Waals surface area contributed by atoms with Crippen LogP contribution in [0.25, 0.3) is 0 Å². The zero-order valence-electron chi connectivity index (χ0n) is 15.0. The van der Waals surface area contributed by atoms with Crippen LogP contribution in [0.15, 0.2) is 90.1 Å². The number of nitrogens with zero attached hydrogens (tertiary/aromatic N) is 1. The van der Waals surface area contributed by atoms with Gasteiger partial charge >= 0.3 is 0 Å². The maximum Gasteiger partial charge on any atom is 0.121 e. The van der Waals surface area contributed by atoms with Crippen LogP contribution < -0.4 is 4.74 Å². The SMILES string of the molecule is C/C(=N\OCCc1ccccc1)c1ccc(OCc2ccccc2)cc1. The summed E-state index contributed by atoms with van der Waals surface area (Å²) in [6.07, 6.45) is 0.851. The summed E-state index contributed by atoms with van der Waals surface area (Å²) in [6.45, 7) is 3.08. The molecule has 132 valence electrons. The highest BCUT2D eigenvalue weighted by Gasteiger charge is 2.01. The van der Waals surface area contributed by atoms with Crippen LogP contribution in [-0.4, -0.2) is 12.3 Å². The van der Waals surface area contributed by atoms with Gasteiger partial charge in [0.1, 0.15) is 19.0 Å². The average molecular weight is 345 g/mol. The van der Waals surface area contributed by atoms with Gasteiger partial charge in [0, 0.05) is 6.42 Å². The first-order chi connectivity index (χ1) is 12.8. The summed E-state index contributed by atoms with van der Waals surface area (Å²) in [4.78, 5) is 5.45. The molecule has 3 nitrogen and oxygen atoms in total. The number of rotatable bonds is 8. The third-order valence-electron chi connectivity index (χ3n) is 4.05. The van der Waals surface area contributed by atoms with E-state index < -0.39 is 0 Å². The van der Waals surface area contributed by atoms with E-state index in [9.17, 15) is 0 Å². The van der Waals surface area contributed by atoms with Gasteiger partial charge in [0.25, 0.3) is 0 Å². The molecule has 0 unspecified atom stereocenters. The van der Waals surface area contributed by atoms with Crippen molar-refractivity contribution in [3.63, 3.8) is 0 Å². The fourth-order valence-electron chi connectivity index (χ4n) is 2.54. The maximum atomic E-state index is 5.80. The van der Waals surface area contributed by atoms with Crippen LogP contribution >= 0.6 is 0 Å². The first-order valence-corrected chi connectivity index (χ1v) is 8.79. The van der Waals surface area contributed by atoms with Gasteiger partial charge in [-0.15, -0.1) is 0 Å². The molecule has 0 N–H and O–H groups in total. The summed E-state index contributed by atoms with van der Waals surface area (Å²) in [7, 11) is 0. The lowest BCUT2D eigenvalue weighted by Gasteiger charge is -2.07. The molecular formula is C23H23NO2. The Morgan fingerprint density at radius 1 is 0.769 bits per heavy atom. The molecule has 0 saturated carbocycles. The van der Waals surface area contributed by atoms with Crippen molar-refractivity contribution in [3.05, 3.63) is 102 Å². The highest BCUT2D eigenvalue weighted by Crippen LogP contribution is 2.15. The van der Waals surface area contributed by atoms with Gasteiger partial charge in [-0.05, 0) is 47.9 Å². The van der Waals surface area contributed by atoms with E-state index in [1.54, 1.807) is 0 Å². The molecule has 0 radical (unpaired) electrons. The third kappa shape index (κ3) is 5.49. The zero-order chi connectivity index (χ0) is 18.0. The molecule has 0 aliphatic carbocycles. The Balaban J connectivity index is 1.47. The Hall–Kier alpha value is -3.07. The first-order valence-electron chi connectivity index (χ1n) is 8.79. The molecule has 0 aromatic heterocycles. The Labute approximate surface area is 154 Å². The maximum absolute atomic E-state index is 5.80. The molecule has 0 heterocycles. The minimum absolute atomic E-state index is 0.565. The molecule has 0 aliphatic heterocycles. The molecule has 3 rings (SSSR count). The Bertz CT molecular complexity index is 812. The van der Waals surface area contributed by atoms with E-state index >= 15 is 0 Å². The number of benzene rings is 3. The Morgan fingerprint density at radius 3 is 2.04 bits per heavy atom. The molecular weight excluding hydrogens is 322 g/mol. The quantitative estimate of drug-likeness (QED) is 0.317. The van der Waals surface area contributed by atoms with Crippen molar-refractivity contribution in [1.82, 2.24) is 0 Å². The second-order valence-corrected chi connectivity index (χ2v) is 6.04. The predicted octanol–water partition coefficient (Wildman–Crippen LogP) is 5.25. The van der Waals surface area contributed by atoms with Gasteiger partial charge in [-0.2, -0.15) is 0 Å². The molecule has 0 atom stereocenters. The van der Waals surface area contributed by atoms with Gasteiger partial charge in [0.05, 0.1) is 5.71 Å². The topological polar surface area (TPSA) is 30.8 Å². The van der Waals surface area contributed by atoms with Crippen LogP contribution in [0.1, 0.15) is 23.6 Å². The van der Waals surface area contributed by atoms with Gasteiger partial charge in [0.15, 0.2) is 0 Å². The van der Waals surface area contributed by atoms with E-state index in [1.165, 1.54) is 5.56 Å². The molecule has 3 aromatic carbocycles. The number of ether oxygens (including phenoxy) is 1. The van der Waals surface area contributed by atoms with E-state index in [0.29, 0.717) is 13.2 Å². The summed E-state index contributed by atoms with van der Waals surface area (Å²) >= 11 is 0. The van der Waals surface area contributed by atoms with Crippen molar-refractivity contribution < 1.29 is 9.57 Å². The van der Waals surface area contributed by atoms with Crippen molar-refractivity contribution >= 4 is 5.71 Å². The standard InChI is InChI=1S/C23H23NO2/c1-19(24-26-17-16-20-8-4-2-5-9-20)22-12-14-23(15-13-22)25-18-21-10-6-3-7-11-21/h2-15H,16-18H2,1H3/b24-19+. The van der Waals surface area contributed by atoms with Crippen LogP contribution in [0.2, 0.25) is 0 Å². The molecule has 0 aliphatic rings. The molecule has 0 bridgehead atoms. The number of hydrogen-bond donors (Lipinski definition) is 0. The van der Waals surface area contributed by atoms with Crippen LogP contribution in [0.4, 0.5) is 0 Å². The highest BCUT2D eigenvalue weighted by molar-refractivity contribution is 5.98. The van der Waals surface area contributed by atoms with E-state index in [0.717, 1.165) is 29.0 Å². The van der Waals surface area contributed by atoms with E-state index in [4.69, 9.17) is 9.57 Å². The highest BCUT2D eigenvalue weighted by atomic mass is 16.6. The monoisotopic (exact) mass is 345 g/mol. The normalized spacial score (nSPS) is 11.2. The Morgan fingerprint density at radius 2 is 1.38 bits per heavy atom. The average Bonchev–Trinajstić information content (AvgIpc) is 2.71. The summed E-state index contributed by atoms with van der Waals surface area (Å²) in [5, 5.41) is 4.21. The lowest BCUT2D eigenvalue weighted by atomic mass is 10.1. The summed E-state index contributed by atoms with van der Waals surface area (Å²) in [6, 6.07) is 28.3. The molecule has 0 saturated heterocycles. The summed E-state index contributed by atoms with van der Waals surface area (Å²) in [5.41, 5.74) is 4.28. The van der Waals surface area contributed by atoms with Crippen molar-refractivity contribution in [1.29, 1.82) is 0 Å². The van der Waals surface area contributed by atoms with E-state index in [2.05, 4.69) is 29.4 Å². The zero-order valence-corrected chi connectivity index (χ0v) is 15.0. The second kappa shape index (κ2) is 9.42. The predicted molar refractivity (Wildman–Crippen MR) is 106 cm³/mol. The molecule has 3 heteroatoms. The fourth-order valence-corrected chi connectivity index (χ4v) is 2.54. The minimum atomic E-state index is 0.565. The lowest BCUT2D eigenvalue weighted by Crippen LogP contribution is -2.00. The van der Waals surface area contributed by atoms with Crippen molar-refractivity contribution in [2.75, 3.05) is 6.61 Å². The fraction of sp³-hybridized carbons (Fsp3) is 0.174. The first kappa shape index (κ1) is 17.7. The van der Waals surface area contributed by atoms with E-state index in [-0.39, 0.29) is 0 Å². The van der Waals surface area contributed by atoms with Gasteiger partial charge in [0.2, 0.25) is 0 Å². The molecule has 26 heavy (non-hydrogen) atoms. The molecule has 0 spiro atoms. The van der Waals surface area contributed by atoms with Gasteiger partial charge in [-0.25, -0.2) is 0 Å². The van der Waals surface area contributed by atoms with Crippen molar-refractivity contribution in [3.8, 4) is 5.75 Å². The molecule has 0 fully saturated rings. The van der Waals surface area contributed by atoms with Crippen LogP contribution in [0, 0.1) is 0 Å². The summed E-state index contributed by atoms with van der Waals surface area (Å²) < 4.78 is 5.80. The smallest absolute Gasteiger partial charge is 0.121 e. The van der Waals surface area contributed by atoms with Gasteiger partial charge in [-0.3, -0.25) is 0 Å². The van der Waals surface area contributed by atoms with E-state index in [1.807, 2.05) is 67.6 Å².